The summed E-state index contributed by atoms with van der Waals surface area (Å²) in [6.45, 7) is -0.108. The Morgan fingerprint density at radius 1 is 1.30 bits per heavy atom. The molecule has 0 saturated carbocycles. The summed E-state index contributed by atoms with van der Waals surface area (Å²) in [6, 6.07) is 9.14. The molecule has 8 heteroatoms. The maximum atomic E-state index is 11.5. The number of carbonyl (C=O) groups excluding carboxylic acids is 1. The molecule has 2 unspecified atom stereocenters. The molecule has 1 heterocycles. The number of benzene rings is 1. The summed E-state index contributed by atoms with van der Waals surface area (Å²) in [5.74, 6) is 0. The van der Waals surface area contributed by atoms with Crippen LogP contribution in [0.4, 0.5) is 4.79 Å². The average molecular weight is 319 g/mol. The number of H-pyrrole nitrogens is 1. The number of aliphatic hydroxyl groups is 2. The van der Waals surface area contributed by atoms with Crippen LogP contribution in [-0.4, -0.2) is 38.9 Å². The lowest BCUT2D eigenvalue weighted by molar-refractivity contribution is 0.0180. The Morgan fingerprint density at radius 2 is 2.04 bits per heavy atom. The Hall–Kier alpha value is -2.71. The average Bonchev–Trinajstić information content (AvgIpc) is 2.58. The highest BCUT2D eigenvalue weighted by molar-refractivity contribution is 5.67. The number of hydrogen-bond acceptors (Lipinski definition) is 6. The monoisotopic (exact) mass is 319 g/mol. The van der Waals surface area contributed by atoms with E-state index in [9.17, 15) is 19.8 Å². The van der Waals surface area contributed by atoms with Crippen molar-refractivity contribution < 1.29 is 19.7 Å². The van der Waals surface area contributed by atoms with E-state index >= 15 is 0 Å². The minimum Gasteiger partial charge on any atom is -0.445 e. The number of alkyl carbamates (subject to hydrolysis) is 1. The summed E-state index contributed by atoms with van der Waals surface area (Å²) >= 11 is 0. The molecule has 8 nitrogen and oxygen atoms in total. The molecule has 122 valence electrons. The van der Waals surface area contributed by atoms with E-state index in [1.165, 1.54) is 6.20 Å². The lowest BCUT2D eigenvalue weighted by atomic mass is 10.1. The number of rotatable bonds is 6. The fourth-order valence-corrected chi connectivity index (χ4v) is 1.81. The SMILES string of the molecule is O=C(NCC(O)C(O)c1cnc(=O)[nH]c1)OCc1ccccc1. The van der Waals surface area contributed by atoms with Gasteiger partial charge in [-0.3, -0.25) is 0 Å². The molecule has 2 aromatic rings. The van der Waals surface area contributed by atoms with Crippen molar-refractivity contribution in [2.45, 2.75) is 18.8 Å². The molecular formula is C15H17N3O5. The third-order valence-corrected chi connectivity index (χ3v) is 3.07. The zero-order chi connectivity index (χ0) is 16.7. The van der Waals surface area contributed by atoms with E-state index in [4.69, 9.17) is 4.74 Å². The van der Waals surface area contributed by atoms with E-state index in [1.54, 1.807) is 0 Å². The van der Waals surface area contributed by atoms with E-state index in [-0.39, 0.29) is 18.7 Å². The highest BCUT2D eigenvalue weighted by atomic mass is 16.5. The highest BCUT2D eigenvalue weighted by Gasteiger charge is 2.19. The predicted molar refractivity (Wildman–Crippen MR) is 80.5 cm³/mol. The van der Waals surface area contributed by atoms with Crippen molar-refractivity contribution in [2.24, 2.45) is 0 Å². The topological polar surface area (TPSA) is 125 Å². The van der Waals surface area contributed by atoms with Crippen molar-refractivity contribution in [1.82, 2.24) is 15.3 Å². The molecule has 2 rings (SSSR count). The molecule has 0 fully saturated rings. The number of ether oxygens (including phenoxy) is 1. The van der Waals surface area contributed by atoms with Crippen LogP contribution >= 0.6 is 0 Å². The zero-order valence-electron chi connectivity index (χ0n) is 12.2. The molecule has 0 radical (unpaired) electrons. The van der Waals surface area contributed by atoms with E-state index < -0.39 is 24.0 Å². The number of aromatic amines is 1. The predicted octanol–water partition coefficient (Wildman–Crippen LogP) is 0.0906. The van der Waals surface area contributed by atoms with Crippen molar-refractivity contribution in [2.75, 3.05) is 6.54 Å². The molecular weight excluding hydrogens is 302 g/mol. The smallest absolute Gasteiger partial charge is 0.407 e. The van der Waals surface area contributed by atoms with Crippen LogP contribution in [0.2, 0.25) is 0 Å². The number of aromatic nitrogens is 2. The van der Waals surface area contributed by atoms with Crippen molar-refractivity contribution in [1.29, 1.82) is 0 Å². The summed E-state index contributed by atoms with van der Waals surface area (Å²) in [5, 5.41) is 22.1. The molecule has 0 bridgehead atoms. The van der Waals surface area contributed by atoms with Gasteiger partial charge in [0, 0.05) is 24.5 Å². The summed E-state index contributed by atoms with van der Waals surface area (Å²) in [6.07, 6.45) is -0.877. The first-order valence-corrected chi connectivity index (χ1v) is 6.91. The van der Waals surface area contributed by atoms with Gasteiger partial charge in [0.25, 0.3) is 0 Å². The van der Waals surface area contributed by atoms with Crippen LogP contribution in [-0.2, 0) is 11.3 Å². The Labute approximate surface area is 131 Å². The Kier molecular flexibility index (Phi) is 5.84. The van der Waals surface area contributed by atoms with Gasteiger partial charge in [-0.05, 0) is 5.56 Å². The van der Waals surface area contributed by atoms with Gasteiger partial charge < -0.3 is 25.3 Å². The van der Waals surface area contributed by atoms with Gasteiger partial charge in [-0.25, -0.2) is 14.6 Å². The van der Waals surface area contributed by atoms with Gasteiger partial charge in [0.2, 0.25) is 0 Å². The molecule has 1 aromatic carbocycles. The van der Waals surface area contributed by atoms with Crippen LogP contribution in [0.5, 0.6) is 0 Å². The molecule has 0 spiro atoms. The first-order chi connectivity index (χ1) is 11.1. The lowest BCUT2D eigenvalue weighted by Crippen LogP contribution is -2.36. The Bertz CT molecular complexity index is 669. The second-order valence-electron chi connectivity index (χ2n) is 4.81. The van der Waals surface area contributed by atoms with E-state index in [2.05, 4.69) is 15.3 Å². The summed E-state index contributed by atoms with van der Waals surface area (Å²) in [5.41, 5.74) is 0.511. The third-order valence-electron chi connectivity index (χ3n) is 3.07. The van der Waals surface area contributed by atoms with Crippen molar-refractivity contribution >= 4 is 6.09 Å². The van der Waals surface area contributed by atoms with Crippen LogP contribution in [0.3, 0.4) is 0 Å². The van der Waals surface area contributed by atoms with Crippen LogP contribution in [0.15, 0.2) is 47.5 Å². The first-order valence-electron chi connectivity index (χ1n) is 6.91. The summed E-state index contributed by atoms with van der Waals surface area (Å²) in [7, 11) is 0. The molecule has 23 heavy (non-hydrogen) atoms. The fraction of sp³-hybridized carbons (Fsp3) is 0.267. The molecule has 1 aromatic heterocycles. The largest absolute Gasteiger partial charge is 0.445 e. The minimum absolute atomic E-state index is 0.106. The standard InChI is InChI=1S/C15H17N3O5/c19-12(13(20)11-6-16-14(21)17-7-11)8-18-15(22)23-9-10-4-2-1-3-5-10/h1-7,12-13,19-20H,8-9H2,(H,18,22)(H,16,17,21). The van der Waals surface area contributed by atoms with Crippen molar-refractivity contribution in [3.63, 3.8) is 0 Å². The first kappa shape index (κ1) is 16.7. The van der Waals surface area contributed by atoms with E-state index in [0.717, 1.165) is 11.8 Å². The molecule has 2 atom stereocenters. The van der Waals surface area contributed by atoms with E-state index in [1.807, 2.05) is 30.3 Å². The van der Waals surface area contributed by atoms with Crippen molar-refractivity contribution in [3.05, 3.63) is 64.3 Å². The molecule has 0 saturated heterocycles. The second-order valence-corrected chi connectivity index (χ2v) is 4.81. The fourth-order valence-electron chi connectivity index (χ4n) is 1.81. The molecule has 0 aliphatic carbocycles. The van der Waals surface area contributed by atoms with Gasteiger partial charge in [0.1, 0.15) is 18.8 Å². The van der Waals surface area contributed by atoms with Crippen LogP contribution in [0, 0.1) is 0 Å². The number of amides is 1. The van der Waals surface area contributed by atoms with E-state index in [0.29, 0.717) is 0 Å². The van der Waals surface area contributed by atoms with Gasteiger partial charge >= 0.3 is 11.8 Å². The van der Waals surface area contributed by atoms with Gasteiger partial charge in [0.05, 0.1) is 0 Å². The molecule has 1 amide bonds. The highest BCUT2D eigenvalue weighted by Crippen LogP contribution is 2.13. The van der Waals surface area contributed by atoms with Crippen LogP contribution < -0.4 is 11.0 Å². The number of aliphatic hydroxyl groups excluding tert-OH is 2. The van der Waals surface area contributed by atoms with Gasteiger partial charge in [-0.15, -0.1) is 0 Å². The maximum Gasteiger partial charge on any atom is 0.407 e. The molecule has 0 aliphatic heterocycles. The maximum absolute atomic E-state index is 11.5. The van der Waals surface area contributed by atoms with Crippen molar-refractivity contribution in [3.8, 4) is 0 Å². The summed E-state index contributed by atoms with van der Waals surface area (Å²) < 4.78 is 4.98. The Morgan fingerprint density at radius 3 is 2.70 bits per heavy atom. The Balaban J connectivity index is 1.76. The minimum atomic E-state index is -1.30. The van der Waals surface area contributed by atoms with Crippen LogP contribution in [0.25, 0.3) is 0 Å². The number of nitrogens with one attached hydrogen (secondary N) is 2. The number of hydrogen-bond donors (Lipinski definition) is 4. The molecule has 4 N–H and O–H groups in total. The van der Waals surface area contributed by atoms with Gasteiger partial charge in [0.15, 0.2) is 0 Å². The normalized spacial score (nSPS) is 13.1. The van der Waals surface area contributed by atoms with Gasteiger partial charge in [-0.2, -0.15) is 0 Å². The lowest BCUT2D eigenvalue weighted by Gasteiger charge is -2.18. The molecule has 0 aliphatic rings. The number of carbonyl (C=O) groups is 1. The zero-order valence-corrected chi connectivity index (χ0v) is 12.2. The summed E-state index contributed by atoms with van der Waals surface area (Å²) in [4.78, 5) is 28.1. The van der Waals surface area contributed by atoms with Crippen LogP contribution in [0.1, 0.15) is 17.2 Å². The third kappa shape index (κ3) is 5.20. The quantitative estimate of drug-likeness (QED) is 0.598. The second kappa shape index (κ2) is 8.06. The number of nitrogens with zero attached hydrogens (tertiary/aromatic N) is 1. The van der Waals surface area contributed by atoms with Gasteiger partial charge in [-0.1, -0.05) is 30.3 Å².